The van der Waals surface area contributed by atoms with Crippen molar-refractivity contribution in [2.45, 2.75) is 58.9 Å². The van der Waals surface area contributed by atoms with Crippen molar-refractivity contribution in [2.75, 3.05) is 32.8 Å². The third-order valence-corrected chi connectivity index (χ3v) is 8.51. The number of likely N-dealkylation sites (tertiary alicyclic amines) is 2. The van der Waals surface area contributed by atoms with Crippen LogP contribution in [0, 0.1) is 19.8 Å². The van der Waals surface area contributed by atoms with Crippen molar-refractivity contribution < 1.29 is 19.6 Å². The first kappa shape index (κ1) is 26.6. The second-order valence-electron chi connectivity index (χ2n) is 10.3. The number of halogens is 1. The molecule has 0 spiro atoms. The van der Waals surface area contributed by atoms with E-state index in [1.54, 1.807) is 19.2 Å². The summed E-state index contributed by atoms with van der Waals surface area (Å²) in [6.07, 6.45) is 5.55. The Bertz CT molecular complexity index is 1100. The van der Waals surface area contributed by atoms with E-state index in [1.165, 1.54) is 0 Å². The SMILES string of the molecule is CCO/N=C(/c1ccc(Br)cc1)C1CCN(C2(C)CCN(C(=O)c3c(C)cc[n+](O)c3C)CC2)CC1. The summed E-state index contributed by atoms with van der Waals surface area (Å²) in [5, 5.41) is 14.6. The lowest BCUT2D eigenvalue weighted by Crippen LogP contribution is -2.57. The van der Waals surface area contributed by atoms with Crippen LogP contribution in [0.4, 0.5) is 0 Å². The third-order valence-electron chi connectivity index (χ3n) is 7.98. The minimum atomic E-state index is 0.0143. The number of aryl methyl sites for hydroxylation is 1. The van der Waals surface area contributed by atoms with Gasteiger partial charge in [-0.1, -0.05) is 33.2 Å². The summed E-state index contributed by atoms with van der Waals surface area (Å²) in [4.78, 5) is 23.4. The molecule has 1 aromatic carbocycles. The highest BCUT2D eigenvalue weighted by atomic mass is 79.9. The van der Waals surface area contributed by atoms with Gasteiger partial charge in [0.05, 0.1) is 5.71 Å². The zero-order valence-corrected chi connectivity index (χ0v) is 23.4. The average Bonchev–Trinajstić information content (AvgIpc) is 2.88. The monoisotopic (exact) mass is 557 g/mol. The zero-order chi connectivity index (χ0) is 25.9. The molecule has 4 rings (SSSR count). The van der Waals surface area contributed by atoms with Gasteiger partial charge in [0, 0.05) is 46.7 Å². The Hall–Kier alpha value is -2.45. The van der Waals surface area contributed by atoms with Crippen molar-refractivity contribution in [2.24, 2.45) is 11.1 Å². The molecule has 2 aliphatic rings. The molecule has 1 aromatic heterocycles. The van der Waals surface area contributed by atoms with Gasteiger partial charge >= 0.3 is 0 Å². The predicted octanol–water partition coefficient (Wildman–Crippen LogP) is 4.74. The predicted molar refractivity (Wildman–Crippen MR) is 143 cm³/mol. The van der Waals surface area contributed by atoms with Crippen LogP contribution in [-0.4, -0.2) is 65.0 Å². The Labute approximate surface area is 222 Å². The lowest BCUT2D eigenvalue weighted by Gasteiger charge is -2.49. The molecule has 7 nitrogen and oxygen atoms in total. The number of benzene rings is 1. The first-order valence-electron chi connectivity index (χ1n) is 12.9. The third kappa shape index (κ3) is 5.59. The van der Waals surface area contributed by atoms with Gasteiger partial charge in [0.1, 0.15) is 12.2 Å². The van der Waals surface area contributed by atoms with Crippen molar-refractivity contribution >= 4 is 27.5 Å². The van der Waals surface area contributed by atoms with E-state index in [0.717, 1.165) is 77.9 Å². The van der Waals surface area contributed by atoms with E-state index in [-0.39, 0.29) is 11.4 Å². The Morgan fingerprint density at radius 2 is 1.78 bits per heavy atom. The summed E-state index contributed by atoms with van der Waals surface area (Å²) in [5.41, 5.74) is 4.34. The van der Waals surface area contributed by atoms with E-state index < -0.39 is 0 Å². The molecule has 8 heteroatoms. The molecular formula is C28H38BrN4O3+. The normalized spacial score (nSPS) is 19.4. The molecule has 1 amide bonds. The number of carbonyl (C=O) groups excluding carboxylic acids is 1. The molecular weight excluding hydrogens is 520 g/mol. The van der Waals surface area contributed by atoms with Crippen LogP contribution in [0.15, 0.2) is 46.2 Å². The molecule has 1 N–H and O–H groups in total. The molecule has 0 bridgehead atoms. The highest BCUT2D eigenvalue weighted by Gasteiger charge is 2.40. The van der Waals surface area contributed by atoms with Gasteiger partial charge in [-0.25, -0.2) is 0 Å². The van der Waals surface area contributed by atoms with Crippen LogP contribution in [0.1, 0.15) is 66.7 Å². The summed E-state index contributed by atoms with van der Waals surface area (Å²) in [6, 6.07) is 10.1. The highest BCUT2D eigenvalue weighted by molar-refractivity contribution is 9.10. The van der Waals surface area contributed by atoms with Crippen LogP contribution in [0.25, 0.3) is 0 Å². The Kier molecular flexibility index (Phi) is 8.35. The Morgan fingerprint density at radius 1 is 1.14 bits per heavy atom. The number of hydrogen-bond acceptors (Lipinski definition) is 5. The van der Waals surface area contributed by atoms with E-state index in [9.17, 15) is 10.0 Å². The summed E-state index contributed by atoms with van der Waals surface area (Å²) in [6.45, 7) is 12.1. The molecule has 194 valence electrons. The number of carbonyl (C=O) groups is 1. The lowest BCUT2D eigenvalue weighted by atomic mass is 9.82. The molecule has 0 unspecified atom stereocenters. The van der Waals surface area contributed by atoms with Gasteiger partial charge in [0.25, 0.3) is 5.91 Å². The first-order chi connectivity index (χ1) is 17.2. The molecule has 3 heterocycles. The minimum absolute atomic E-state index is 0.0143. The number of amides is 1. The van der Waals surface area contributed by atoms with Gasteiger partial charge in [0.2, 0.25) is 11.9 Å². The van der Waals surface area contributed by atoms with Crippen molar-refractivity contribution in [1.29, 1.82) is 0 Å². The number of piperidine rings is 2. The molecule has 0 radical (unpaired) electrons. The topological polar surface area (TPSA) is 69.2 Å². The summed E-state index contributed by atoms with van der Waals surface area (Å²) < 4.78 is 2.10. The minimum Gasteiger partial charge on any atom is -0.396 e. The number of hydrogen-bond donors (Lipinski definition) is 1. The molecule has 2 aliphatic heterocycles. The van der Waals surface area contributed by atoms with Crippen LogP contribution in [0.3, 0.4) is 0 Å². The second-order valence-corrected chi connectivity index (χ2v) is 11.2. The zero-order valence-electron chi connectivity index (χ0n) is 21.8. The van der Waals surface area contributed by atoms with Gasteiger partial charge < -0.3 is 9.74 Å². The van der Waals surface area contributed by atoms with E-state index in [4.69, 9.17) is 4.84 Å². The number of rotatable bonds is 6. The smallest absolute Gasteiger partial charge is 0.260 e. The first-order valence-corrected chi connectivity index (χ1v) is 13.7. The lowest BCUT2D eigenvalue weighted by molar-refractivity contribution is -0.908. The van der Waals surface area contributed by atoms with Crippen LogP contribution >= 0.6 is 15.9 Å². The van der Waals surface area contributed by atoms with Crippen molar-refractivity contribution in [1.82, 2.24) is 9.80 Å². The Morgan fingerprint density at radius 3 is 2.39 bits per heavy atom. The fraction of sp³-hybridized carbons (Fsp3) is 0.536. The fourth-order valence-electron chi connectivity index (χ4n) is 5.58. The summed E-state index contributed by atoms with van der Waals surface area (Å²) in [7, 11) is 0. The molecule has 2 saturated heterocycles. The molecule has 0 aliphatic carbocycles. The number of pyridine rings is 1. The number of aromatic nitrogens is 1. The van der Waals surface area contributed by atoms with Gasteiger partial charge in [-0.15, -0.1) is 0 Å². The van der Waals surface area contributed by atoms with Gasteiger partial charge in [0.15, 0.2) is 0 Å². The summed E-state index contributed by atoms with van der Waals surface area (Å²) in [5.74, 6) is 0.383. The largest absolute Gasteiger partial charge is 0.396 e. The van der Waals surface area contributed by atoms with Crippen LogP contribution < -0.4 is 4.73 Å². The maximum atomic E-state index is 13.3. The average molecular weight is 559 g/mol. The van der Waals surface area contributed by atoms with E-state index >= 15 is 0 Å². The van der Waals surface area contributed by atoms with Crippen molar-refractivity contribution in [3.8, 4) is 0 Å². The van der Waals surface area contributed by atoms with E-state index in [1.807, 2.05) is 18.7 Å². The van der Waals surface area contributed by atoms with Crippen molar-refractivity contribution in [3.63, 3.8) is 0 Å². The molecule has 2 aromatic rings. The number of oxime groups is 1. The Balaban J connectivity index is 1.38. The van der Waals surface area contributed by atoms with Crippen LogP contribution in [0.2, 0.25) is 0 Å². The molecule has 2 fully saturated rings. The van der Waals surface area contributed by atoms with Crippen LogP contribution in [-0.2, 0) is 4.84 Å². The molecule has 0 atom stereocenters. The van der Waals surface area contributed by atoms with Gasteiger partial charge in [-0.3, -0.25) is 14.9 Å². The van der Waals surface area contributed by atoms with Gasteiger partial charge in [-0.2, -0.15) is 0 Å². The van der Waals surface area contributed by atoms with E-state index in [0.29, 0.717) is 23.8 Å². The molecule has 36 heavy (non-hydrogen) atoms. The van der Waals surface area contributed by atoms with Crippen molar-refractivity contribution in [3.05, 3.63) is 63.4 Å². The molecule has 0 saturated carbocycles. The van der Waals surface area contributed by atoms with E-state index in [2.05, 4.69) is 57.2 Å². The van der Waals surface area contributed by atoms with Crippen LogP contribution in [0.5, 0.6) is 0 Å². The number of nitrogens with zero attached hydrogens (tertiary/aromatic N) is 4. The maximum absolute atomic E-state index is 13.3. The quantitative estimate of drug-likeness (QED) is 0.241. The summed E-state index contributed by atoms with van der Waals surface area (Å²) >= 11 is 3.52. The maximum Gasteiger partial charge on any atom is 0.260 e. The van der Waals surface area contributed by atoms with Gasteiger partial charge in [-0.05, 0) is 82.8 Å². The standard InChI is InChI=1S/C28H38BrN4O3/c1-5-36-30-26(22-6-8-24(29)9-7-22)23-11-15-32(16-12-23)28(4)13-18-31(19-14-28)27(34)25-20(2)10-17-33(35)21(25)3/h6-10,17,23,35H,5,11-16,18-19H2,1-4H3/q+1/b30-26-. The fourth-order valence-corrected chi connectivity index (χ4v) is 5.84. The highest BCUT2D eigenvalue weighted by Crippen LogP contribution is 2.34. The second kappa shape index (κ2) is 11.3.